The Bertz CT molecular complexity index is 1130. The van der Waals surface area contributed by atoms with Gasteiger partial charge in [-0.1, -0.05) is 11.6 Å². The largest absolute Gasteiger partial charge is 0.449 e. The smallest absolute Gasteiger partial charge is 0.411 e. The Labute approximate surface area is 164 Å². The number of hydrogen-bond acceptors (Lipinski definition) is 5. The number of H-pyrrole nitrogens is 1. The fourth-order valence-electron chi connectivity index (χ4n) is 3.37. The summed E-state index contributed by atoms with van der Waals surface area (Å²) in [5, 5.41) is 1.05. The van der Waals surface area contributed by atoms with Crippen LogP contribution in [-0.2, 0) is 4.74 Å². The van der Waals surface area contributed by atoms with Gasteiger partial charge in [-0.25, -0.2) is 14.2 Å². The summed E-state index contributed by atoms with van der Waals surface area (Å²) in [4.78, 5) is 33.4. The minimum absolute atomic E-state index is 0.0181. The summed E-state index contributed by atoms with van der Waals surface area (Å²) in [7, 11) is 0. The van der Waals surface area contributed by atoms with Crippen LogP contribution < -0.4 is 5.56 Å². The van der Waals surface area contributed by atoms with Crippen molar-refractivity contribution in [3.05, 3.63) is 39.4 Å². The van der Waals surface area contributed by atoms with Gasteiger partial charge in [0.25, 0.3) is 5.56 Å². The fraction of sp³-hybridized carbons (Fsp3) is 0.421. The summed E-state index contributed by atoms with van der Waals surface area (Å²) in [5.41, 5.74) is -0.382. The molecule has 0 bridgehead atoms. The molecule has 1 saturated heterocycles. The fourth-order valence-corrected chi connectivity index (χ4v) is 3.54. The summed E-state index contributed by atoms with van der Waals surface area (Å²) in [5.74, 6) is 0.186. The van der Waals surface area contributed by atoms with Crippen LogP contribution in [0.4, 0.5) is 9.18 Å². The molecule has 0 radical (unpaired) electrons. The Hall–Kier alpha value is -2.61. The highest BCUT2D eigenvalue weighted by molar-refractivity contribution is 6.31. The highest BCUT2D eigenvalue weighted by atomic mass is 35.5. The van der Waals surface area contributed by atoms with Gasteiger partial charge >= 0.3 is 6.09 Å². The van der Waals surface area contributed by atoms with Gasteiger partial charge < -0.3 is 14.1 Å². The maximum absolute atomic E-state index is 14.2. The molecule has 0 unspecified atom stereocenters. The van der Waals surface area contributed by atoms with Gasteiger partial charge in [0.05, 0.1) is 12.6 Å². The molecule has 1 fully saturated rings. The van der Waals surface area contributed by atoms with E-state index in [9.17, 15) is 14.0 Å². The Morgan fingerprint density at radius 2 is 2.18 bits per heavy atom. The van der Waals surface area contributed by atoms with E-state index in [0.717, 1.165) is 0 Å². The minimum Gasteiger partial charge on any atom is -0.449 e. The molecular weight excluding hydrogens is 389 g/mol. The van der Waals surface area contributed by atoms with Crippen molar-refractivity contribution in [1.82, 2.24) is 14.9 Å². The molecule has 1 aliphatic rings. The minimum atomic E-state index is -1.24. The number of hydrogen-bond donors (Lipinski definition) is 1. The molecule has 148 valence electrons. The Kier molecular flexibility index (Phi) is 4.33. The van der Waals surface area contributed by atoms with Crippen LogP contribution in [0.3, 0.4) is 0 Å². The van der Waals surface area contributed by atoms with Gasteiger partial charge in [0.15, 0.2) is 0 Å². The molecule has 1 aromatic carbocycles. The lowest BCUT2D eigenvalue weighted by molar-refractivity contribution is 0.0210. The van der Waals surface area contributed by atoms with Crippen molar-refractivity contribution in [2.45, 2.75) is 45.0 Å². The molecular formula is C19H19ClFN3O4. The van der Waals surface area contributed by atoms with Crippen LogP contribution >= 0.6 is 11.6 Å². The highest BCUT2D eigenvalue weighted by Gasteiger charge is 2.40. The van der Waals surface area contributed by atoms with Gasteiger partial charge in [0.1, 0.15) is 28.7 Å². The zero-order valence-corrected chi connectivity index (χ0v) is 16.3. The van der Waals surface area contributed by atoms with Gasteiger partial charge in [-0.2, -0.15) is 0 Å². The summed E-state index contributed by atoms with van der Waals surface area (Å²) in [6.45, 7) is 5.07. The Morgan fingerprint density at radius 3 is 2.89 bits per heavy atom. The third-order valence-electron chi connectivity index (χ3n) is 4.50. The quantitative estimate of drug-likeness (QED) is 0.648. The lowest BCUT2D eigenvalue weighted by Crippen LogP contribution is -2.37. The molecule has 1 aliphatic heterocycles. The van der Waals surface area contributed by atoms with E-state index in [1.807, 2.05) is 0 Å². The molecule has 28 heavy (non-hydrogen) atoms. The van der Waals surface area contributed by atoms with Crippen LogP contribution in [-0.4, -0.2) is 39.3 Å². The van der Waals surface area contributed by atoms with Crippen LogP contribution in [0.25, 0.3) is 22.1 Å². The van der Waals surface area contributed by atoms with E-state index in [-0.39, 0.29) is 24.4 Å². The van der Waals surface area contributed by atoms with Crippen LogP contribution in [0.1, 0.15) is 39.1 Å². The number of nitrogens with one attached hydrogen (secondary N) is 1. The van der Waals surface area contributed by atoms with Gasteiger partial charge in [-0.3, -0.25) is 9.69 Å². The molecule has 2 aromatic heterocycles. The number of furan rings is 1. The van der Waals surface area contributed by atoms with Crippen molar-refractivity contribution in [3.63, 3.8) is 0 Å². The van der Waals surface area contributed by atoms with Gasteiger partial charge in [0, 0.05) is 16.8 Å². The summed E-state index contributed by atoms with van der Waals surface area (Å²) in [6, 6.07) is 4.21. The lowest BCUT2D eigenvalue weighted by Gasteiger charge is -2.27. The first-order valence-corrected chi connectivity index (χ1v) is 9.26. The van der Waals surface area contributed by atoms with Crippen LogP contribution in [0.5, 0.6) is 0 Å². The highest BCUT2D eigenvalue weighted by Crippen LogP contribution is 2.34. The number of nitrogens with zero attached hydrogens (tertiary/aromatic N) is 2. The molecule has 0 aliphatic carbocycles. The first-order chi connectivity index (χ1) is 13.1. The molecule has 1 amide bonds. The van der Waals surface area contributed by atoms with Gasteiger partial charge in [-0.05, 0) is 39.0 Å². The predicted octanol–water partition coefficient (Wildman–Crippen LogP) is 4.34. The topological polar surface area (TPSA) is 88.4 Å². The molecule has 7 nitrogen and oxygen atoms in total. The first kappa shape index (κ1) is 18.7. The third-order valence-corrected chi connectivity index (χ3v) is 4.73. The predicted molar refractivity (Wildman–Crippen MR) is 102 cm³/mol. The average molecular weight is 408 g/mol. The number of ether oxygens (including phenoxy) is 1. The molecule has 9 heteroatoms. The number of aromatic amines is 1. The van der Waals surface area contributed by atoms with Crippen molar-refractivity contribution in [3.8, 4) is 0 Å². The number of halogens is 2. The number of alkyl halides is 1. The maximum Gasteiger partial charge on any atom is 0.411 e. The van der Waals surface area contributed by atoms with Crippen molar-refractivity contribution >= 4 is 39.8 Å². The van der Waals surface area contributed by atoms with Crippen molar-refractivity contribution in [1.29, 1.82) is 0 Å². The molecule has 4 rings (SSSR count). The summed E-state index contributed by atoms with van der Waals surface area (Å²) < 4.78 is 25.1. The number of rotatable bonds is 1. The second-order valence-electron chi connectivity index (χ2n) is 7.85. The lowest BCUT2D eigenvalue weighted by atomic mass is 10.2. The number of fused-ring (bicyclic) bond motifs is 3. The van der Waals surface area contributed by atoms with Gasteiger partial charge in [-0.15, -0.1) is 0 Å². The van der Waals surface area contributed by atoms with Crippen molar-refractivity contribution in [2.75, 3.05) is 6.54 Å². The normalized spacial score (nSPS) is 20.2. The van der Waals surface area contributed by atoms with Crippen LogP contribution in [0.15, 0.2) is 27.4 Å². The van der Waals surface area contributed by atoms with E-state index >= 15 is 0 Å². The number of carbonyl (C=O) groups excluding carboxylic acids is 1. The first-order valence-electron chi connectivity index (χ1n) is 8.88. The second-order valence-corrected chi connectivity index (χ2v) is 8.29. The van der Waals surface area contributed by atoms with Gasteiger partial charge in [0.2, 0.25) is 5.58 Å². The number of aromatic nitrogens is 2. The molecule has 3 aromatic rings. The van der Waals surface area contributed by atoms with Crippen LogP contribution in [0.2, 0.25) is 5.02 Å². The Balaban J connectivity index is 1.80. The number of likely N-dealkylation sites (tertiary alicyclic amines) is 1. The van der Waals surface area contributed by atoms with E-state index in [2.05, 4.69) is 9.97 Å². The van der Waals surface area contributed by atoms with E-state index < -0.39 is 29.5 Å². The molecule has 3 heterocycles. The zero-order valence-electron chi connectivity index (χ0n) is 15.6. The monoisotopic (exact) mass is 407 g/mol. The second kappa shape index (κ2) is 6.48. The standard InChI is InChI=1S/C19H19ClFN3O4/c1-19(2,3)28-18(26)24-8-10(21)7-12(24)16-22-14-11-6-9(20)4-5-13(11)27-15(14)17(25)23-16/h4-6,10,12H,7-8H2,1-3H3,(H,22,23,25)/t10-,12-/m0/s1. The van der Waals surface area contributed by atoms with E-state index in [1.54, 1.807) is 39.0 Å². The third kappa shape index (κ3) is 3.32. The zero-order chi connectivity index (χ0) is 20.2. The molecule has 0 spiro atoms. The van der Waals surface area contributed by atoms with Crippen molar-refractivity contribution < 1.29 is 18.3 Å². The number of amides is 1. The summed E-state index contributed by atoms with van der Waals surface area (Å²) >= 11 is 6.05. The van der Waals surface area contributed by atoms with E-state index in [0.29, 0.717) is 21.5 Å². The van der Waals surface area contributed by atoms with E-state index in [1.165, 1.54) is 4.90 Å². The molecule has 0 saturated carbocycles. The Morgan fingerprint density at radius 1 is 1.43 bits per heavy atom. The molecule has 2 atom stereocenters. The molecule has 1 N–H and O–H groups in total. The average Bonchev–Trinajstić information content (AvgIpc) is 3.14. The number of carbonyl (C=O) groups is 1. The number of benzene rings is 1. The van der Waals surface area contributed by atoms with E-state index in [4.69, 9.17) is 20.8 Å². The van der Waals surface area contributed by atoms with Crippen LogP contribution in [0, 0.1) is 0 Å². The SMILES string of the molecule is CC(C)(C)OC(=O)N1C[C@@H](F)C[C@H]1c1nc2c(oc3ccc(Cl)cc32)c(=O)[nH]1. The van der Waals surface area contributed by atoms with Crippen molar-refractivity contribution in [2.24, 2.45) is 0 Å². The summed E-state index contributed by atoms with van der Waals surface area (Å²) in [6.07, 6.45) is -1.88. The maximum atomic E-state index is 14.2.